The zero-order valence-corrected chi connectivity index (χ0v) is 12.6. The Labute approximate surface area is 119 Å². The number of rotatable bonds is 10. The SMILES string of the molecule is C=CCCC(F)OC(C)C(C)OC(=C)ON(C)C(C)=O. The molecule has 0 fully saturated rings. The van der Waals surface area contributed by atoms with Crippen LogP contribution in [0.3, 0.4) is 0 Å². The molecule has 0 bridgehead atoms. The first kappa shape index (κ1) is 18.4. The Kier molecular flexibility index (Phi) is 8.63. The van der Waals surface area contributed by atoms with Crippen LogP contribution in [0, 0.1) is 0 Å². The second kappa shape index (κ2) is 9.36. The summed E-state index contributed by atoms with van der Waals surface area (Å²) in [7, 11) is 1.44. The zero-order chi connectivity index (χ0) is 15.7. The van der Waals surface area contributed by atoms with Crippen LogP contribution in [0.15, 0.2) is 25.2 Å². The molecule has 0 aromatic rings. The van der Waals surface area contributed by atoms with E-state index in [0.29, 0.717) is 6.42 Å². The average molecular weight is 289 g/mol. The number of amides is 1. The molecule has 0 spiro atoms. The summed E-state index contributed by atoms with van der Waals surface area (Å²) >= 11 is 0. The molecule has 6 heteroatoms. The van der Waals surface area contributed by atoms with Crippen molar-refractivity contribution in [2.45, 2.75) is 52.2 Å². The van der Waals surface area contributed by atoms with Crippen LogP contribution in [0.1, 0.15) is 33.6 Å². The Bertz CT molecular complexity index is 335. The van der Waals surface area contributed by atoms with Gasteiger partial charge in [0, 0.05) is 20.4 Å². The maximum Gasteiger partial charge on any atom is 0.299 e. The van der Waals surface area contributed by atoms with E-state index in [0.717, 1.165) is 5.06 Å². The largest absolute Gasteiger partial charge is 0.459 e. The van der Waals surface area contributed by atoms with E-state index in [9.17, 15) is 9.18 Å². The van der Waals surface area contributed by atoms with Gasteiger partial charge in [-0.2, -0.15) is 5.06 Å². The summed E-state index contributed by atoms with van der Waals surface area (Å²) in [6.45, 7) is 11.8. The third-order valence-corrected chi connectivity index (χ3v) is 2.62. The smallest absolute Gasteiger partial charge is 0.299 e. The standard InChI is InChI=1S/C14H24FNO4/c1-7-8-9-14(15)19-11(3)10(2)18-13(5)20-16(6)12(4)17/h7,10-11,14H,1,5,8-9H2,2-4,6H3. The molecule has 0 saturated heterocycles. The summed E-state index contributed by atoms with van der Waals surface area (Å²) in [5, 5.41) is 0.989. The first-order valence-electron chi connectivity index (χ1n) is 6.46. The summed E-state index contributed by atoms with van der Waals surface area (Å²) < 4.78 is 23.9. The van der Waals surface area contributed by atoms with E-state index in [4.69, 9.17) is 14.3 Å². The van der Waals surface area contributed by atoms with Crippen molar-refractivity contribution in [2.24, 2.45) is 0 Å². The van der Waals surface area contributed by atoms with E-state index < -0.39 is 18.6 Å². The first-order chi connectivity index (χ1) is 9.27. The van der Waals surface area contributed by atoms with E-state index >= 15 is 0 Å². The minimum absolute atomic E-state index is 0.0489. The van der Waals surface area contributed by atoms with Gasteiger partial charge < -0.3 is 14.3 Å². The van der Waals surface area contributed by atoms with Crippen molar-refractivity contribution in [1.29, 1.82) is 0 Å². The second-order valence-corrected chi connectivity index (χ2v) is 4.42. The fourth-order valence-corrected chi connectivity index (χ4v) is 1.20. The lowest BCUT2D eigenvalue weighted by Crippen LogP contribution is -2.31. The molecule has 0 N–H and O–H groups in total. The number of alkyl halides is 1. The molecule has 0 aromatic heterocycles. The molecule has 20 heavy (non-hydrogen) atoms. The van der Waals surface area contributed by atoms with Gasteiger partial charge in [-0.15, -0.1) is 6.58 Å². The molecule has 0 radical (unpaired) electrons. The summed E-state index contributed by atoms with van der Waals surface area (Å²) in [4.78, 5) is 16.0. The maximum atomic E-state index is 13.4. The number of halogens is 1. The molecule has 0 aliphatic rings. The van der Waals surface area contributed by atoms with E-state index in [-0.39, 0.29) is 18.3 Å². The van der Waals surface area contributed by atoms with Crippen LogP contribution >= 0.6 is 0 Å². The van der Waals surface area contributed by atoms with Crippen LogP contribution in [0.2, 0.25) is 0 Å². The van der Waals surface area contributed by atoms with Crippen molar-refractivity contribution in [3.63, 3.8) is 0 Å². The molecule has 0 heterocycles. The number of allylic oxidation sites excluding steroid dienone is 1. The highest BCUT2D eigenvalue weighted by Gasteiger charge is 2.20. The molecule has 0 rings (SSSR count). The third kappa shape index (κ3) is 7.78. The van der Waals surface area contributed by atoms with Crippen LogP contribution in [-0.2, 0) is 19.1 Å². The van der Waals surface area contributed by atoms with E-state index in [1.165, 1.54) is 14.0 Å². The second-order valence-electron chi connectivity index (χ2n) is 4.42. The lowest BCUT2D eigenvalue weighted by molar-refractivity contribution is -0.193. The van der Waals surface area contributed by atoms with Crippen molar-refractivity contribution >= 4 is 5.91 Å². The Hall–Kier alpha value is -1.56. The van der Waals surface area contributed by atoms with Crippen LogP contribution in [0.25, 0.3) is 0 Å². The van der Waals surface area contributed by atoms with Gasteiger partial charge in [-0.1, -0.05) is 6.08 Å². The van der Waals surface area contributed by atoms with Gasteiger partial charge in [0.25, 0.3) is 11.9 Å². The number of hydrogen-bond donors (Lipinski definition) is 0. The molecule has 1 amide bonds. The van der Waals surface area contributed by atoms with Crippen molar-refractivity contribution in [3.05, 3.63) is 25.2 Å². The van der Waals surface area contributed by atoms with Crippen molar-refractivity contribution in [2.75, 3.05) is 7.05 Å². The molecule has 5 nitrogen and oxygen atoms in total. The van der Waals surface area contributed by atoms with Crippen molar-refractivity contribution < 1.29 is 23.5 Å². The minimum Gasteiger partial charge on any atom is -0.459 e. The zero-order valence-electron chi connectivity index (χ0n) is 12.6. The van der Waals surface area contributed by atoms with E-state index in [1.54, 1.807) is 19.9 Å². The van der Waals surface area contributed by atoms with Gasteiger partial charge in [0.1, 0.15) is 6.10 Å². The summed E-state index contributed by atoms with van der Waals surface area (Å²) in [6.07, 6.45) is 0.104. The predicted octanol–water partition coefficient (Wildman–Crippen LogP) is 2.94. The Morgan fingerprint density at radius 3 is 2.50 bits per heavy atom. The number of hydrogen-bond acceptors (Lipinski definition) is 4. The van der Waals surface area contributed by atoms with Crippen LogP contribution in [-0.4, -0.2) is 36.6 Å². The molecular weight excluding hydrogens is 265 g/mol. The van der Waals surface area contributed by atoms with Gasteiger partial charge >= 0.3 is 0 Å². The molecule has 3 atom stereocenters. The summed E-state index contributed by atoms with van der Waals surface area (Å²) in [6, 6.07) is 0. The normalized spacial score (nSPS) is 14.8. The predicted molar refractivity (Wildman–Crippen MR) is 74.1 cm³/mol. The van der Waals surface area contributed by atoms with E-state index in [1.807, 2.05) is 0 Å². The lowest BCUT2D eigenvalue weighted by atomic mass is 10.2. The highest BCUT2D eigenvalue weighted by atomic mass is 19.1. The summed E-state index contributed by atoms with van der Waals surface area (Å²) in [5.41, 5.74) is 0. The topological polar surface area (TPSA) is 48.0 Å². The van der Waals surface area contributed by atoms with Crippen molar-refractivity contribution in [1.82, 2.24) is 5.06 Å². The fourth-order valence-electron chi connectivity index (χ4n) is 1.20. The molecule has 0 aliphatic carbocycles. The fraction of sp³-hybridized carbons (Fsp3) is 0.643. The first-order valence-corrected chi connectivity index (χ1v) is 6.46. The van der Waals surface area contributed by atoms with Crippen LogP contribution in [0.4, 0.5) is 4.39 Å². The van der Waals surface area contributed by atoms with Crippen LogP contribution in [0.5, 0.6) is 0 Å². The number of carbonyl (C=O) groups is 1. The monoisotopic (exact) mass is 289 g/mol. The molecular formula is C14H24FNO4. The molecule has 0 saturated carbocycles. The lowest BCUT2D eigenvalue weighted by Gasteiger charge is -2.25. The molecule has 0 aliphatic heterocycles. The third-order valence-electron chi connectivity index (χ3n) is 2.62. The number of hydroxylamine groups is 2. The van der Waals surface area contributed by atoms with Crippen LogP contribution < -0.4 is 0 Å². The van der Waals surface area contributed by atoms with Gasteiger partial charge in [0.2, 0.25) is 0 Å². The highest BCUT2D eigenvalue weighted by molar-refractivity contribution is 5.71. The Morgan fingerprint density at radius 2 is 2.00 bits per heavy atom. The minimum atomic E-state index is -1.37. The average Bonchev–Trinajstić information content (AvgIpc) is 2.35. The van der Waals surface area contributed by atoms with Gasteiger partial charge in [-0.05, 0) is 26.8 Å². The quantitative estimate of drug-likeness (QED) is 0.352. The maximum absolute atomic E-state index is 13.4. The number of nitrogens with zero attached hydrogens (tertiary/aromatic N) is 1. The molecule has 3 unspecified atom stereocenters. The number of ether oxygens (including phenoxy) is 2. The highest BCUT2D eigenvalue weighted by Crippen LogP contribution is 2.14. The van der Waals surface area contributed by atoms with Gasteiger partial charge in [0.05, 0.1) is 6.10 Å². The van der Waals surface area contributed by atoms with Gasteiger partial charge in [-0.3, -0.25) is 4.79 Å². The van der Waals surface area contributed by atoms with E-state index in [2.05, 4.69) is 13.2 Å². The Balaban J connectivity index is 4.11. The van der Waals surface area contributed by atoms with Gasteiger partial charge in [0.15, 0.2) is 6.36 Å². The molecule has 116 valence electrons. The van der Waals surface area contributed by atoms with Crippen molar-refractivity contribution in [3.8, 4) is 0 Å². The number of carbonyl (C=O) groups excluding carboxylic acids is 1. The van der Waals surface area contributed by atoms with Gasteiger partial charge in [-0.25, -0.2) is 4.39 Å². The molecule has 0 aromatic carbocycles. The Morgan fingerprint density at radius 1 is 1.40 bits per heavy atom. The summed E-state index contributed by atoms with van der Waals surface area (Å²) in [5.74, 6) is -0.341.